The van der Waals surface area contributed by atoms with Gasteiger partial charge in [-0.25, -0.2) is 0 Å². The summed E-state index contributed by atoms with van der Waals surface area (Å²) in [6.07, 6.45) is 1.72. The number of benzene rings is 1. The van der Waals surface area contributed by atoms with E-state index >= 15 is 0 Å². The van der Waals surface area contributed by atoms with Gasteiger partial charge < -0.3 is 20.7 Å². The Balaban J connectivity index is 1.65. The van der Waals surface area contributed by atoms with Crippen molar-refractivity contribution in [2.75, 3.05) is 20.2 Å². The van der Waals surface area contributed by atoms with Crippen molar-refractivity contribution in [1.29, 1.82) is 0 Å². The number of carbonyl (C=O) groups is 1. The Bertz CT molecular complexity index is 657. The molecule has 0 unspecified atom stereocenters. The topological polar surface area (TPSA) is 74.8 Å². The van der Waals surface area contributed by atoms with Crippen molar-refractivity contribution in [1.82, 2.24) is 16.0 Å². The van der Waals surface area contributed by atoms with E-state index in [4.69, 9.17) is 0 Å². The third-order valence-corrected chi connectivity index (χ3v) is 4.62. The van der Waals surface area contributed by atoms with Crippen LogP contribution in [0.4, 0.5) is 13.2 Å². The quantitative estimate of drug-likeness (QED) is 0.451. The first-order valence-corrected chi connectivity index (χ1v) is 9.88. The molecule has 0 aliphatic heterocycles. The van der Waals surface area contributed by atoms with Crippen LogP contribution < -0.4 is 20.7 Å². The number of carbonyl (C=O) groups excluding carboxylic acids is 1. The van der Waals surface area contributed by atoms with Gasteiger partial charge in [-0.2, -0.15) is 13.2 Å². The molecule has 1 fully saturated rings. The van der Waals surface area contributed by atoms with Crippen LogP contribution in [0.15, 0.2) is 29.3 Å². The summed E-state index contributed by atoms with van der Waals surface area (Å²) in [5.41, 5.74) is 0.863. The molecule has 1 amide bonds. The minimum atomic E-state index is -4.36. The summed E-state index contributed by atoms with van der Waals surface area (Å²) in [6.45, 7) is -0.411. The van der Waals surface area contributed by atoms with Gasteiger partial charge in [0.1, 0.15) is 5.75 Å². The van der Waals surface area contributed by atoms with Crippen molar-refractivity contribution in [3.8, 4) is 5.75 Å². The number of hydrogen-bond acceptors (Lipinski definition) is 3. The molecular weight excluding hydrogens is 385 g/mol. The molecule has 1 aliphatic rings. The monoisotopic (exact) mass is 414 g/mol. The first-order valence-electron chi connectivity index (χ1n) is 9.88. The highest BCUT2D eigenvalue weighted by Gasteiger charge is 2.28. The van der Waals surface area contributed by atoms with Gasteiger partial charge in [0.15, 0.2) is 12.6 Å². The molecule has 0 saturated heterocycles. The van der Waals surface area contributed by atoms with E-state index in [0.29, 0.717) is 31.5 Å². The number of aliphatic imine (C=N–C) groups is 1. The second-order valence-corrected chi connectivity index (χ2v) is 7.05. The SMILES string of the molecule is CN=C(NCCC(=O)NC1CCCCC1)NCc1ccc(OCC(F)(F)F)cc1. The second kappa shape index (κ2) is 11.5. The highest BCUT2D eigenvalue weighted by molar-refractivity contribution is 5.81. The molecule has 0 heterocycles. The molecule has 1 aromatic carbocycles. The lowest BCUT2D eigenvalue weighted by molar-refractivity contribution is -0.153. The summed E-state index contributed by atoms with van der Waals surface area (Å²) >= 11 is 0. The number of nitrogens with one attached hydrogen (secondary N) is 3. The summed E-state index contributed by atoms with van der Waals surface area (Å²) in [5.74, 6) is 0.750. The number of guanidine groups is 1. The van der Waals surface area contributed by atoms with E-state index in [1.165, 1.54) is 31.4 Å². The molecular formula is C20H29F3N4O2. The molecule has 0 atom stereocenters. The van der Waals surface area contributed by atoms with Crippen molar-refractivity contribution in [3.05, 3.63) is 29.8 Å². The largest absolute Gasteiger partial charge is 0.484 e. The molecule has 0 bridgehead atoms. The van der Waals surface area contributed by atoms with E-state index in [1.807, 2.05) is 0 Å². The summed E-state index contributed by atoms with van der Waals surface area (Å²) in [7, 11) is 1.63. The van der Waals surface area contributed by atoms with Crippen LogP contribution in [0.5, 0.6) is 5.75 Å². The third-order valence-electron chi connectivity index (χ3n) is 4.62. The summed E-state index contributed by atoms with van der Waals surface area (Å²) in [4.78, 5) is 16.1. The lowest BCUT2D eigenvalue weighted by Crippen LogP contribution is -2.41. The van der Waals surface area contributed by atoms with Gasteiger partial charge in [0.05, 0.1) is 0 Å². The smallest absolute Gasteiger partial charge is 0.422 e. The van der Waals surface area contributed by atoms with Crippen molar-refractivity contribution in [2.45, 2.75) is 57.3 Å². The van der Waals surface area contributed by atoms with Crippen LogP contribution in [-0.2, 0) is 11.3 Å². The molecule has 9 heteroatoms. The number of rotatable bonds is 8. The minimum Gasteiger partial charge on any atom is -0.484 e. The van der Waals surface area contributed by atoms with Crippen molar-refractivity contribution >= 4 is 11.9 Å². The van der Waals surface area contributed by atoms with Crippen LogP contribution in [-0.4, -0.2) is 44.3 Å². The molecule has 29 heavy (non-hydrogen) atoms. The summed E-state index contributed by atoms with van der Waals surface area (Å²) < 4.78 is 41.2. The first kappa shape index (κ1) is 22.8. The number of halogens is 3. The van der Waals surface area contributed by atoms with E-state index in [2.05, 4.69) is 25.7 Å². The Kier molecular flexibility index (Phi) is 9.08. The number of ether oxygens (including phenoxy) is 1. The van der Waals surface area contributed by atoms with E-state index in [9.17, 15) is 18.0 Å². The summed E-state index contributed by atoms with van der Waals surface area (Å²) in [6, 6.07) is 6.66. The first-order chi connectivity index (χ1) is 13.9. The average molecular weight is 414 g/mol. The standard InChI is InChI=1S/C20H29F3N4O2/c1-24-19(25-12-11-18(28)27-16-5-3-2-4-6-16)26-13-15-7-9-17(10-8-15)29-14-20(21,22)23/h7-10,16H,2-6,11-14H2,1H3,(H,27,28)(H2,24,25,26). The normalized spacial score (nSPS) is 15.7. The number of amides is 1. The highest BCUT2D eigenvalue weighted by Crippen LogP contribution is 2.19. The van der Waals surface area contributed by atoms with E-state index in [1.54, 1.807) is 19.2 Å². The minimum absolute atomic E-state index is 0.0364. The maximum Gasteiger partial charge on any atom is 0.422 e. The highest BCUT2D eigenvalue weighted by atomic mass is 19.4. The second-order valence-electron chi connectivity index (χ2n) is 7.05. The Hall–Kier alpha value is -2.45. The van der Waals surface area contributed by atoms with E-state index < -0.39 is 12.8 Å². The van der Waals surface area contributed by atoms with Crippen LogP contribution in [0, 0.1) is 0 Å². The zero-order valence-corrected chi connectivity index (χ0v) is 16.6. The Morgan fingerprint density at radius 3 is 2.45 bits per heavy atom. The lowest BCUT2D eigenvalue weighted by atomic mass is 9.95. The van der Waals surface area contributed by atoms with Gasteiger partial charge in [0.2, 0.25) is 5.91 Å². The molecule has 2 rings (SSSR count). The molecule has 0 radical (unpaired) electrons. The van der Waals surface area contributed by atoms with Crippen LogP contribution >= 0.6 is 0 Å². The van der Waals surface area contributed by atoms with E-state index in [-0.39, 0.29) is 11.7 Å². The maximum atomic E-state index is 12.2. The number of nitrogens with zero attached hydrogens (tertiary/aromatic N) is 1. The molecule has 1 aliphatic carbocycles. The summed E-state index contributed by atoms with van der Waals surface area (Å²) in [5, 5.41) is 9.26. The molecule has 0 aromatic heterocycles. The zero-order valence-electron chi connectivity index (χ0n) is 16.6. The fourth-order valence-electron chi connectivity index (χ4n) is 3.12. The molecule has 3 N–H and O–H groups in total. The van der Waals surface area contributed by atoms with Crippen LogP contribution in [0.3, 0.4) is 0 Å². The number of hydrogen-bond donors (Lipinski definition) is 3. The molecule has 1 aromatic rings. The fraction of sp³-hybridized carbons (Fsp3) is 0.600. The zero-order chi connectivity index (χ0) is 21.1. The van der Waals surface area contributed by atoms with Gasteiger partial charge in [-0.1, -0.05) is 31.4 Å². The van der Waals surface area contributed by atoms with Gasteiger partial charge in [0, 0.05) is 32.6 Å². The predicted molar refractivity (Wildman–Crippen MR) is 106 cm³/mol. The average Bonchev–Trinajstić information content (AvgIpc) is 2.70. The predicted octanol–water partition coefficient (Wildman–Crippen LogP) is 3.13. The van der Waals surface area contributed by atoms with Crippen LogP contribution in [0.2, 0.25) is 0 Å². The molecule has 162 valence electrons. The van der Waals surface area contributed by atoms with E-state index in [0.717, 1.165) is 18.4 Å². The maximum absolute atomic E-state index is 12.2. The lowest BCUT2D eigenvalue weighted by Gasteiger charge is -2.22. The van der Waals surface area contributed by atoms with Crippen molar-refractivity contribution in [3.63, 3.8) is 0 Å². The number of alkyl halides is 3. The van der Waals surface area contributed by atoms with Crippen molar-refractivity contribution in [2.24, 2.45) is 4.99 Å². The Morgan fingerprint density at radius 1 is 1.14 bits per heavy atom. The van der Waals surface area contributed by atoms with Gasteiger partial charge in [-0.3, -0.25) is 9.79 Å². The van der Waals surface area contributed by atoms with Gasteiger partial charge >= 0.3 is 6.18 Å². The van der Waals surface area contributed by atoms with Crippen LogP contribution in [0.25, 0.3) is 0 Å². The van der Waals surface area contributed by atoms with Crippen LogP contribution in [0.1, 0.15) is 44.1 Å². The fourth-order valence-corrected chi connectivity index (χ4v) is 3.12. The third kappa shape index (κ3) is 9.54. The Labute approximate surface area is 169 Å². The molecule has 6 nitrogen and oxygen atoms in total. The van der Waals surface area contributed by atoms with Gasteiger partial charge in [-0.05, 0) is 30.5 Å². The molecule has 1 saturated carbocycles. The van der Waals surface area contributed by atoms with Gasteiger partial charge in [0.25, 0.3) is 0 Å². The Morgan fingerprint density at radius 2 is 1.83 bits per heavy atom. The van der Waals surface area contributed by atoms with Gasteiger partial charge in [-0.15, -0.1) is 0 Å². The van der Waals surface area contributed by atoms with Crippen molar-refractivity contribution < 1.29 is 22.7 Å². The molecule has 0 spiro atoms.